The first kappa shape index (κ1) is 12.8. The predicted octanol–water partition coefficient (Wildman–Crippen LogP) is 2.93. The summed E-state index contributed by atoms with van der Waals surface area (Å²) < 4.78 is 2.08. The van der Waals surface area contributed by atoms with E-state index in [0.717, 1.165) is 12.2 Å². The Morgan fingerprint density at radius 2 is 1.89 bits per heavy atom. The van der Waals surface area contributed by atoms with Crippen LogP contribution in [0.15, 0.2) is 30.6 Å². The van der Waals surface area contributed by atoms with Gasteiger partial charge in [0.25, 0.3) is 0 Å². The molecule has 0 aliphatic carbocycles. The summed E-state index contributed by atoms with van der Waals surface area (Å²) in [4.78, 5) is 4.44. The van der Waals surface area contributed by atoms with Gasteiger partial charge < -0.3 is 9.88 Å². The Labute approximate surface area is 109 Å². The molecule has 0 fully saturated rings. The molecule has 0 amide bonds. The van der Waals surface area contributed by atoms with E-state index in [1.807, 2.05) is 20.4 Å². The fourth-order valence-electron chi connectivity index (χ4n) is 2.17. The largest absolute Gasteiger partial charge is 0.333 e. The Kier molecular flexibility index (Phi) is 3.82. The van der Waals surface area contributed by atoms with Crippen LogP contribution in [-0.2, 0) is 13.6 Å². The van der Waals surface area contributed by atoms with Crippen LogP contribution in [0.1, 0.15) is 31.0 Å². The van der Waals surface area contributed by atoms with Crippen molar-refractivity contribution in [3.63, 3.8) is 0 Å². The number of aryl methyl sites for hydroxylation is 1. The second-order valence-electron chi connectivity index (χ2n) is 4.96. The number of hydrogen-bond acceptors (Lipinski definition) is 2. The maximum atomic E-state index is 4.44. The molecule has 0 unspecified atom stereocenters. The molecule has 18 heavy (non-hydrogen) atoms. The van der Waals surface area contributed by atoms with E-state index in [9.17, 15) is 0 Å². The first-order chi connectivity index (χ1) is 8.63. The minimum absolute atomic E-state index is 0.572. The lowest BCUT2D eigenvalue weighted by Crippen LogP contribution is -2.07. The standard InChI is InChI=1S/C15H21N3/c1-11(2)12-5-7-13(8-6-12)15-14(9-16-3)17-10-18(15)4/h5-8,10-11,16H,9H2,1-4H3. The Hall–Kier alpha value is -1.61. The van der Waals surface area contributed by atoms with Crippen LogP contribution in [0.2, 0.25) is 0 Å². The van der Waals surface area contributed by atoms with Gasteiger partial charge in [0, 0.05) is 19.2 Å². The average molecular weight is 243 g/mol. The number of nitrogens with one attached hydrogen (secondary N) is 1. The zero-order chi connectivity index (χ0) is 13.1. The van der Waals surface area contributed by atoms with E-state index in [1.165, 1.54) is 16.8 Å². The van der Waals surface area contributed by atoms with Crippen LogP contribution >= 0.6 is 0 Å². The molecule has 0 aliphatic rings. The molecular formula is C15H21N3. The normalized spacial score (nSPS) is 11.2. The molecule has 2 rings (SSSR count). The smallest absolute Gasteiger partial charge is 0.0952 e. The first-order valence-electron chi connectivity index (χ1n) is 6.38. The minimum atomic E-state index is 0.572. The summed E-state index contributed by atoms with van der Waals surface area (Å²) in [6.07, 6.45) is 1.87. The second kappa shape index (κ2) is 5.36. The molecule has 0 bridgehead atoms. The van der Waals surface area contributed by atoms with Crippen molar-refractivity contribution < 1.29 is 0 Å². The Bertz CT molecular complexity index is 509. The molecule has 1 N–H and O–H groups in total. The second-order valence-corrected chi connectivity index (χ2v) is 4.96. The van der Waals surface area contributed by atoms with Gasteiger partial charge in [0.05, 0.1) is 17.7 Å². The van der Waals surface area contributed by atoms with Gasteiger partial charge in [0.2, 0.25) is 0 Å². The molecule has 0 radical (unpaired) electrons. The van der Waals surface area contributed by atoms with E-state index in [2.05, 4.69) is 53.0 Å². The van der Waals surface area contributed by atoms with Gasteiger partial charge in [-0.3, -0.25) is 0 Å². The molecule has 3 nitrogen and oxygen atoms in total. The van der Waals surface area contributed by atoms with Crippen LogP contribution in [0.5, 0.6) is 0 Å². The number of hydrogen-bond donors (Lipinski definition) is 1. The van der Waals surface area contributed by atoms with Gasteiger partial charge in [0.1, 0.15) is 0 Å². The topological polar surface area (TPSA) is 29.9 Å². The van der Waals surface area contributed by atoms with Crippen molar-refractivity contribution in [3.05, 3.63) is 41.9 Å². The molecule has 0 atom stereocenters. The summed E-state index contributed by atoms with van der Waals surface area (Å²) in [5.74, 6) is 0.572. The third-order valence-electron chi connectivity index (χ3n) is 3.21. The Morgan fingerprint density at radius 3 is 2.44 bits per heavy atom. The van der Waals surface area contributed by atoms with Crippen LogP contribution in [0, 0.1) is 0 Å². The van der Waals surface area contributed by atoms with Crippen molar-refractivity contribution in [1.82, 2.24) is 14.9 Å². The lowest BCUT2D eigenvalue weighted by atomic mass is 10.0. The molecule has 0 spiro atoms. The van der Waals surface area contributed by atoms with Gasteiger partial charge >= 0.3 is 0 Å². The lowest BCUT2D eigenvalue weighted by Gasteiger charge is -2.09. The monoisotopic (exact) mass is 243 g/mol. The average Bonchev–Trinajstić information content (AvgIpc) is 2.71. The van der Waals surface area contributed by atoms with Gasteiger partial charge in [-0.05, 0) is 18.5 Å². The van der Waals surface area contributed by atoms with Crippen LogP contribution < -0.4 is 5.32 Å². The van der Waals surface area contributed by atoms with Gasteiger partial charge in [-0.15, -0.1) is 0 Å². The summed E-state index contributed by atoms with van der Waals surface area (Å²) in [5.41, 5.74) is 4.89. The molecule has 1 aromatic carbocycles. The van der Waals surface area contributed by atoms with Crippen molar-refractivity contribution in [3.8, 4) is 11.3 Å². The van der Waals surface area contributed by atoms with E-state index in [0.29, 0.717) is 5.92 Å². The molecule has 1 aromatic heterocycles. The molecule has 3 heteroatoms. The van der Waals surface area contributed by atoms with Crippen molar-refractivity contribution in [2.75, 3.05) is 7.05 Å². The van der Waals surface area contributed by atoms with E-state index in [-0.39, 0.29) is 0 Å². The highest BCUT2D eigenvalue weighted by Gasteiger charge is 2.10. The van der Waals surface area contributed by atoms with Gasteiger partial charge in [-0.1, -0.05) is 38.1 Å². The maximum absolute atomic E-state index is 4.44. The predicted molar refractivity (Wildman–Crippen MR) is 75.5 cm³/mol. The molecule has 1 heterocycles. The molecule has 96 valence electrons. The van der Waals surface area contributed by atoms with Crippen LogP contribution in [0.3, 0.4) is 0 Å². The zero-order valence-electron chi connectivity index (χ0n) is 11.6. The highest BCUT2D eigenvalue weighted by atomic mass is 15.0. The van der Waals surface area contributed by atoms with Crippen molar-refractivity contribution in [1.29, 1.82) is 0 Å². The van der Waals surface area contributed by atoms with Gasteiger partial charge in [-0.2, -0.15) is 0 Å². The highest BCUT2D eigenvalue weighted by molar-refractivity contribution is 5.63. The Morgan fingerprint density at radius 1 is 1.22 bits per heavy atom. The van der Waals surface area contributed by atoms with E-state index < -0.39 is 0 Å². The lowest BCUT2D eigenvalue weighted by molar-refractivity contribution is 0.797. The number of aromatic nitrogens is 2. The minimum Gasteiger partial charge on any atom is -0.333 e. The molecule has 2 aromatic rings. The molecular weight excluding hydrogens is 222 g/mol. The summed E-state index contributed by atoms with van der Waals surface area (Å²) >= 11 is 0. The van der Waals surface area contributed by atoms with Crippen LogP contribution in [0.4, 0.5) is 0 Å². The number of benzene rings is 1. The molecule has 0 saturated heterocycles. The number of imidazole rings is 1. The van der Waals surface area contributed by atoms with Crippen LogP contribution in [-0.4, -0.2) is 16.6 Å². The molecule has 0 saturated carbocycles. The van der Waals surface area contributed by atoms with Crippen molar-refractivity contribution in [2.45, 2.75) is 26.3 Å². The molecule has 0 aliphatic heterocycles. The fraction of sp³-hybridized carbons (Fsp3) is 0.400. The van der Waals surface area contributed by atoms with E-state index in [4.69, 9.17) is 0 Å². The quantitative estimate of drug-likeness (QED) is 0.894. The number of nitrogens with zero attached hydrogens (tertiary/aromatic N) is 2. The van der Waals surface area contributed by atoms with Gasteiger partial charge in [0.15, 0.2) is 0 Å². The summed E-state index contributed by atoms with van der Waals surface area (Å²) in [6.45, 7) is 5.22. The SMILES string of the molecule is CNCc1ncn(C)c1-c1ccc(C(C)C)cc1. The highest BCUT2D eigenvalue weighted by Crippen LogP contribution is 2.24. The summed E-state index contributed by atoms with van der Waals surface area (Å²) in [6, 6.07) is 8.78. The van der Waals surface area contributed by atoms with E-state index >= 15 is 0 Å². The van der Waals surface area contributed by atoms with Gasteiger partial charge in [-0.25, -0.2) is 4.98 Å². The third-order valence-corrected chi connectivity index (χ3v) is 3.21. The van der Waals surface area contributed by atoms with Crippen LogP contribution in [0.25, 0.3) is 11.3 Å². The fourth-order valence-corrected chi connectivity index (χ4v) is 2.17. The Balaban J connectivity index is 2.38. The zero-order valence-corrected chi connectivity index (χ0v) is 11.6. The summed E-state index contributed by atoms with van der Waals surface area (Å²) in [5, 5.41) is 3.16. The first-order valence-corrected chi connectivity index (χ1v) is 6.38. The number of rotatable bonds is 4. The van der Waals surface area contributed by atoms with Crippen molar-refractivity contribution in [2.24, 2.45) is 7.05 Å². The third kappa shape index (κ3) is 2.46. The van der Waals surface area contributed by atoms with E-state index in [1.54, 1.807) is 0 Å². The maximum Gasteiger partial charge on any atom is 0.0952 e. The van der Waals surface area contributed by atoms with Crippen molar-refractivity contribution >= 4 is 0 Å². The summed E-state index contributed by atoms with van der Waals surface area (Å²) in [7, 11) is 3.98.